The largest absolute Gasteiger partial charge is 0.394 e. The van der Waals surface area contributed by atoms with Gasteiger partial charge in [0.25, 0.3) is 0 Å². The van der Waals surface area contributed by atoms with Gasteiger partial charge in [0, 0.05) is 43.2 Å². The summed E-state index contributed by atoms with van der Waals surface area (Å²) in [6, 6.07) is 6.54. The number of fused-ring (bicyclic) bond motifs is 1. The predicted octanol–water partition coefficient (Wildman–Crippen LogP) is 2.91. The van der Waals surface area contributed by atoms with Crippen LogP contribution in [0.3, 0.4) is 0 Å². The fraction of sp³-hybridized carbons (Fsp3) is 0.455. The van der Waals surface area contributed by atoms with Crippen molar-refractivity contribution >= 4 is 11.5 Å². The summed E-state index contributed by atoms with van der Waals surface area (Å²) < 4.78 is 2.11. The number of nitrogens with one attached hydrogen (secondary N) is 1. The number of rotatable bonds is 4. The summed E-state index contributed by atoms with van der Waals surface area (Å²) in [5.74, 6) is 1.25. The average molecular weight is 380 g/mol. The van der Waals surface area contributed by atoms with Crippen LogP contribution in [0.25, 0.3) is 16.8 Å². The first kappa shape index (κ1) is 18.9. The molecule has 3 aromatic heterocycles. The van der Waals surface area contributed by atoms with Crippen molar-refractivity contribution in [2.75, 3.05) is 31.1 Å². The van der Waals surface area contributed by atoms with E-state index in [0.717, 1.165) is 59.2 Å². The lowest BCUT2D eigenvalue weighted by Crippen LogP contribution is -2.53. The Balaban J connectivity index is 1.79. The first-order valence-corrected chi connectivity index (χ1v) is 10.0. The molecule has 0 spiro atoms. The predicted molar refractivity (Wildman–Crippen MR) is 113 cm³/mol. The number of imidazole rings is 1. The Kier molecular flexibility index (Phi) is 5.08. The monoisotopic (exact) mass is 379 g/mol. The molecule has 6 nitrogen and oxygen atoms in total. The molecule has 0 bridgehead atoms. The summed E-state index contributed by atoms with van der Waals surface area (Å²) in [4.78, 5) is 11.9. The average Bonchev–Trinajstić information content (AvgIpc) is 3.08. The molecule has 0 aromatic carbocycles. The minimum absolute atomic E-state index is 0.0691. The molecule has 0 saturated carbocycles. The molecule has 148 valence electrons. The quantitative estimate of drug-likeness (QED) is 0.730. The molecule has 0 radical (unpaired) electrons. The van der Waals surface area contributed by atoms with Gasteiger partial charge in [0.1, 0.15) is 11.5 Å². The zero-order chi connectivity index (χ0) is 19.8. The van der Waals surface area contributed by atoms with Crippen molar-refractivity contribution in [2.45, 2.75) is 39.7 Å². The fourth-order valence-corrected chi connectivity index (χ4v) is 4.07. The van der Waals surface area contributed by atoms with Crippen LogP contribution in [0.2, 0.25) is 0 Å². The standard InChI is InChI=1S/C22H29N5O/c1-14(2)21-19(17-9-15(3)22-24-16(4)11-26(22)12-17)5-6-20(25-21)27-8-7-23-10-18(27)13-28/h5-6,9,11-12,14,18,23,28H,7-8,10,13H2,1-4H3/t18-/m0/s1. The molecule has 0 unspecified atom stereocenters. The highest BCUT2D eigenvalue weighted by molar-refractivity contribution is 5.71. The van der Waals surface area contributed by atoms with Crippen molar-refractivity contribution in [1.82, 2.24) is 19.7 Å². The van der Waals surface area contributed by atoms with Crippen LogP contribution in [0, 0.1) is 13.8 Å². The third-order valence-electron chi connectivity index (χ3n) is 5.48. The Morgan fingerprint density at radius 2 is 2.04 bits per heavy atom. The highest BCUT2D eigenvalue weighted by Crippen LogP contribution is 2.32. The van der Waals surface area contributed by atoms with Gasteiger partial charge >= 0.3 is 0 Å². The van der Waals surface area contributed by atoms with Gasteiger partial charge in [0.2, 0.25) is 0 Å². The topological polar surface area (TPSA) is 65.7 Å². The fourth-order valence-electron chi connectivity index (χ4n) is 4.07. The van der Waals surface area contributed by atoms with Crippen molar-refractivity contribution in [2.24, 2.45) is 0 Å². The van der Waals surface area contributed by atoms with E-state index in [-0.39, 0.29) is 12.6 Å². The first-order chi connectivity index (χ1) is 13.5. The van der Waals surface area contributed by atoms with Crippen LogP contribution in [0.5, 0.6) is 0 Å². The van der Waals surface area contributed by atoms with Gasteiger partial charge < -0.3 is 19.7 Å². The molecule has 4 heterocycles. The Labute approximate surface area is 166 Å². The van der Waals surface area contributed by atoms with Crippen molar-refractivity contribution in [3.63, 3.8) is 0 Å². The van der Waals surface area contributed by atoms with Gasteiger partial charge in [0.15, 0.2) is 0 Å². The highest BCUT2D eigenvalue weighted by atomic mass is 16.3. The van der Waals surface area contributed by atoms with E-state index in [9.17, 15) is 5.11 Å². The normalized spacial score (nSPS) is 17.6. The summed E-state index contributed by atoms with van der Waals surface area (Å²) in [6.07, 6.45) is 4.21. The number of pyridine rings is 2. The zero-order valence-electron chi connectivity index (χ0n) is 17.1. The molecule has 4 rings (SSSR count). The number of aromatic nitrogens is 3. The van der Waals surface area contributed by atoms with Crippen LogP contribution in [-0.2, 0) is 0 Å². The van der Waals surface area contributed by atoms with Gasteiger partial charge in [-0.3, -0.25) is 0 Å². The van der Waals surface area contributed by atoms with Crippen molar-refractivity contribution in [3.05, 3.63) is 47.5 Å². The summed E-state index contributed by atoms with van der Waals surface area (Å²) in [7, 11) is 0. The maximum Gasteiger partial charge on any atom is 0.139 e. The maximum atomic E-state index is 9.75. The van der Waals surface area contributed by atoms with Gasteiger partial charge in [-0.25, -0.2) is 9.97 Å². The third-order valence-corrected chi connectivity index (χ3v) is 5.48. The number of hydrogen-bond acceptors (Lipinski definition) is 5. The second-order valence-electron chi connectivity index (χ2n) is 8.02. The Morgan fingerprint density at radius 3 is 2.79 bits per heavy atom. The van der Waals surface area contributed by atoms with Crippen molar-refractivity contribution in [3.8, 4) is 11.1 Å². The van der Waals surface area contributed by atoms with Crippen LogP contribution in [0.1, 0.15) is 36.7 Å². The lowest BCUT2D eigenvalue weighted by molar-refractivity contribution is 0.246. The van der Waals surface area contributed by atoms with Gasteiger partial charge in [-0.1, -0.05) is 13.8 Å². The molecule has 3 aromatic rings. The van der Waals surface area contributed by atoms with E-state index in [0.29, 0.717) is 5.92 Å². The highest BCUT2D eigenvalue weighted by Gasteiger charge is 2.24. The summed E-state index contributed by atoms with van der Waals surface area (Å²) >= 11 is 0. The molecule has 2 N–H and O–H groups in total. The molecule has 1 aliphatic heterocycles. The smallest absolute Gasteiger partial charge is 0.139 e. The third kappa shape index (κ3) is 3.38. The van der Waals surface area contributed by atoms with Gasteiger partial charge in [-0.2, -0.15) is 0 Å². The minimum atomic E-state index is 0.0691. The van der Waals surface area contributed by atoms with Gasteiger partial charge in [-0.15, -0.1) is 0 Å². The van der Waals surface area contributed by atoms with E-state index >= 15 is 0 Å². The summed E-state index contributed by atoms with van der Waals surface area (Å²) in [6.45, 7) is 11.2. The summed E-state index contributed by atoms with van der Waals surface area (Å²) in [5.41, 5.74) is 6.58. The Bertz CT molecular complexity index is 994. The first-order valence-electron chi connectivity index (χ1n) is 10.0. The van der Waals surface area contributed by atoms with Crippen LogP contribution < -0.4 is 10.2 Å². The zero-order valence-corrected chi connectivity index (χ0v) is 17.1. The molecular weight excluding hydrogens is 350 g/mol. The second-order valence-corrected chi connectivity index (χ2v) is 8.02. The van der Waals surface area contributed by atoms with E-state index in [1.807, 2.05) is 6.92 Å². The Morgan fingerprint density at radius 1 is 1.21 bits per heavy atom. The van der Waals surface area contributed by atoms with E-state index in [4.69, 9.17) is 4.98 Å². The maximum absolute atomic E-state index is 9.75. The van der Waals surface area contributed by atoms with Crippen LogP contribution in [0.4, 0.5) is 5.82 Å². The Hall–Kier alpha value is -2.44. The number of nitrogens with zero attached hydrogens (tertiary/aromatic N) is 4. The van der Waals surface area contributed by atoms with Crippen LogP contribution in [0.15, 0.2) is 30.6 Å². The lowest BCUT2D eigenvalue weighted by atomic mass is 9.97. The number of anilines is 1. The minimum Gasteiger partial charge on any atom is -0.394 e. The summed E-state index contributed by atoms with van der Waals surface area (Å²) in [5, 5.41) is 13.1. The van der Waals surface area contributed by atoms with Crippen LogP contribution in [-0.4, -0.2) is 51.8 Å². The molecule has 1 aliphatic rings. The van der Waals surface area contributed by atoms with Gasteiger partial charge in [0.05, 0.1) is 24.0 Å². The molecular formula is C22H29N5O. The SMILES string of the molecule is Cc1cn2cc(-c3ccc(N4CCNC[C@H]4CO)nc3C(C)C)cc(C)c2n1. The van der Waals surface area contributed by atoms with Crippen molar-refractivity contribution < 1.29 is 5.11 Å². The van der Waals surface area contributed by atoms with Gasteiger partial charge in [-0.05, 0) is 43.5 Å². The number of aryl methyl sites for hydroxylation is 2. The van der Waals surface area contributed by atoms with Crippen molar-refractivity contribution in [1.29, 1.82) is 0 Å². The lowest BCUT2D eigenvalue weighted by Gasteiger charge is -2.36. The van der Waals surface area contributed by atoms with E-state index in [1.54, 1.807) is 0 Å². The molecule has 1 fully saturated rings. The molecule has 6 heteroatoms. The van der Waals surface area contributed by atoms with Crippen LogP contribution >= 0.6 is 0 Å². The molecule has 0 amide bonds. The number of aliphatic hydroxyl groups excluding tert-OH is 1. The van der Waals surface area contributed by atoms with E-state index < -0.39 is 0 Å². The van der Waals surface area contributed by atoms with E-state index in [2.05, 4.69) is 71.0 Å². The second kappa shape index (κ2) is 7.53. The molecule has 28 heavy (non-hydrogen) atoms. The molecule has 1 atom stereocenters. The number of hydrogen-bond donors (Lipinski definition) is 2. The molecule has 1 saturated heterocycles. The molecule has 0 aliphatic carbocycles. The number of piperazine rings is 1. The number of aliphatic hydroxyl groups is 1. The van der Waals surface area contributed by atoms with E-state index in [1.165, 1.54) is 0 Å².